The van der Waals surface area contributed by atoms with Gasteiger partial charge < -0.3 is 10.2 Å². The maximum atomic E-state index is 12.5. The average Bonchev–Trinajstić information content (AvgIpc) is 2.35. The fourth-order valence-corrected chi connectivity index (χ4v) is 2.42. The molecule has 0 saturated carbocycles. The first-order valence-electron chi connectivity index (χ1n) is 7.47. The highest BCUT2D eigenvalue weighted by molar-refractivity contribution is 5.79. The maximum absolute atomic E-state index is 12.5. The van der Waals surface area contributed by atoms with E-state index in [2.05, 4.69) is 44.8 Å². The zero-order valence-electron chi connectivity index (χ0n) is 12.7. The van der Waals surface area contributed by atoms with Crippen molar-refractivity contribution >= 4 is 5.91 Å². The fraction of sp³-hybridized carbons (Fsp3) is 0.933. The van der Waals surface area contributed by atoms with Crippen LogP contribution in [0, 0.1) is 11.8 Å². The smallest absolute Gasteiger partial charge is 0.225 e. The summed E-state index contributed by atoms with van der Waals surface area (Å²) in [7, 11) is 0. The molecule has 0 radical (unpaired) electrons. The van der Waals surface area contributed by atoms with Crippen molar-refractivity contribution in [1.29, 1.82) is 0 Å². The molecule has 106 valence electrons. The van der Waals surface area contributed by atoms with E-state index in [9.17, 15) is 4.79 Å². The van der Waals surface area contributed by atoms with Gasteiger partial charge in [-0.3, -0.25) is 4.79 Å². The Labute approximate surface area is 112 Å². The van der Waals surface area contributed by atoms with Gasteiger partial charge in [-0.1, -0.05) is 27.2 Å². The number of nitrogens with one attached hydrogen (secondary N) is 1. The highest BCUT2D eigenvalue weighted by Gasteiger charge is 2.27. The third-order valence-corrected chi connectivity index (χ3v) is 4.13. The summed E-state index contributed by atoms with van der Waals surface area (Å²) in [6.45, 7) is 12.5. The van der Waals surface area contributed by atoms with Crippen LogP contribution < -0.4 is 5.32 Å². The zero-order chi connectivity index (χ0) is 13.7. The Kier molecular flexibility index (Phi) is 6.13. The van der Waals surface area contributed by atoms with Crippen LogP contribution in [0.3, 0.4) is 0 Å². The van der Waals surface area contributed by atoms with E-state index in [0.29, 0.717) is 23.9 Å². The Morgan fingerprint density at radius 1 is 1.22 bits per heavy atom. The molecule has 18 heavy (non-hydrogen) atoms. The van der Waals surface area contributed by atoms with Crippen molar-refractivity contribution in [2.24, 2.45) is 11.8 Å². The summed E-state index contributed by atoms with van der Waals surface area (Å²) in [5, 5.41) is 3.53. The topological polar surface area (TPSA) is 32.3 Å². The first-order valence-corrected chi connectivity index (χ1v) is 7.47. The molecule has 0 aliphatic carbocycles. The first kappa shape index (κ1) is 15.5. The third kappa shape index (κ3) is 4.27. The van der Waals surface area contributed by atoms with E-state index in [-0.39, 0.29) is 5.92 Å². The Hall–Kier alpha value is -0.570. The van der Waals surface area contributed by atoms with Crippen molar-refractivity contribution < 1.29 is 4.79 Å². The van der Waals surface area contributed by atoms with Gasteiger partial charge in [-0.05, 0) is 39.2 Å². The minimum absolute atomic E-state index is 0.121. The molecular formula is C15H30N2O. The highest BCUT2D eigenvalue weighted by atomic mass is 16.2. The van der Waals surface area contributed by atoms with Crippen molar-refractivity contribution in [2.45, 2.75) is 66.0 Å². The van der Waals surface area contributed by atoms with E-state index in [1.54, 1.807) is 0 Å². The Bertz CT molecular complexity index is 257. The lowest BCUT2D eigenvalue weighted by molar-refractivity contribution is -0.138. The SMILES string of the molecule is CC(C)C(C)C(=O)N(CC1CCCCN1)C(C)C. The fourth-order valence-electron chi connectivity index (χ4n) is 2.42. The normalized spacial score (nSPS) is 22.3. The van der Waals surface area contributed by atoms with E-state index < -0.39 is 0 Å². The van der Waals surface area contributed by atoms with Gasteiger partial charge in [0.15, 0.2) is 0 Å². The van der Waals surface area contributed by atoms with Crippen LogP contribution in [0.2, 0.25) is 0 Å². The molecule has 1 aliphatic rings. The van der Waals surface area contributed by atoms with Gasteiger partial charge in [0.2, 0.25) is 5.91 Å². The van der Waals surface area contributed by atoms with E-state index in [4.69, 9.17) is 0 Å². The summed E-state index contributed by atoms with van der Waals surface area (Å²) >= 11 is 0. The largest absolute Gasteiger partial charge is 0.338 e. The van der Waals surface area contributed by atoms with Crippen molar-refractivity contribution in [2.75, 3.05) is 13.1 Å². The minimum Gasteiger partial charge on any atom is -0.338 e. The second-order valence-electron chi connectivity index (χ2n) is 6.26. The number of hydrogen-bond donors (Lipinski definition) is 1. The van der Waals surface area contributed by atoms with Crippen molar-refractivity contribution in [3.63, 3.8) is 0 Å². The molecule has 2 atom stereocenters. The van der Waals surface area contributed by atoms with Gasteiger partial charge in [0.25, 0.3) is 0 Å². The maximum Gasteiger partial charge on any atom is 0.225 e. The van der Waals surface area contributed by atoms with Crippen molar-refractivity contribution in [3.8, 4) is 0 Å². The van der Waals surface area contributed by atoms with Crippen molar-refractivity contribution in [1.82, 2.24) is 10.2 Å². The molecular weight excluding hydrogens is 224 g/mol. The molecule has 1 aliphatic heterocycles. The number of amides is 1. The number of rotatable bonds is 5. The van der Waals surface area contributed by atoms with Crippen LogP contribution in [-0.4, -0.2) is 36.0 Å². The van der Waals surface area contributed by atoms with E-state index in [0.717, 1.165) is 13.1 Å². The average molecular weight is 254 g/mol. The molecule has 0 bridgehead atoms. The molecule has 0 spiro atoms. The van der Waals surface area contributed by atoms with E-state index in [1.165, 1.54) is 19.3 Å². The standard InChI is InChI=1S/C15H30N2O/c1-11(2)13(5)15(18)17(12(3)4)10-14-8-6-7-9-16-14/h11-14,16H,6-10H2,1-5H3. The summed E-state index contributed by atoms with van der Waals surface area (Å²) < 4.78 is 0. The number of nitrogens with zero attached hydrogens (tertiary/aromatic N) is 1. The summed E-state index contributed by atoms with van der Waals surface area (Å²) in [6.07, 6.45) is 3.76. The molecule has 0 aromatic rings. The van der Waals surface area contributed by atoms with Gasteiger partial charge in [0.1, 0.15) is 0 Å². The molecule has 1 amide bonds. The molecule has 1 N–H and O–H groups in total. The molecule has 0 aromatic heterocycles. The van der Waals surface area contributed by atoms with Crippen LogP contribution in [-0.2, 0) is 4.79 Å². The monoisotopic (exact) mass is 254 g/mol. The van der Waals surface area contributed by atoms with Crippen LogP contribution in [0.4, 0.5) is 0 Å². The van der Waals surface area contributed by atoms with Crippen LogP contribution in [0.5, 0.6) is 0 Å². The van der Waals surface area contributed by atoms with Crippen LogP contribution in [0.1, 0.15) is 53.9 Å². The van der Waals surface area contributed by atoms with Gasteiger partial charge in [0.05, 0.1) is 0 Å². The number of carbonyl (C=O) groups excluding carboxylic acids is 1. The molecule has 1 saturated heterocycles. The van der Waals surface area contributed by atoms with Gasteiger partial charge in [0, 0.05) is 24.5 Å². The Balaban J connectivity index is 2.61. The summed E-state index contributed by atoms with van der Waals surface area (Å²) in [6, 6.07) is 0.784. The lowest BCUT2D eigenvalue weighted by Crippen LogP contribution is -2.50. The van der Waals surface area contributed by atoms with E-state index >= 15 is 0 Å². The number of piperidine rings is 1. The quantitative estimate of drug-likeness (QED) is 0.818. The molecule has 2 unspecified atom stereocenters. The highest BCUT2D eigenvalue weighted by Crippen LogP contribution is 2.17. The van der Waals surface area contributed by atoms with Crippen LogP contribution in [0.15, 0.2) is 0 Å². The van der Waals surface area contributed by atoms with Crippen LogP contribution in [0.25, 0.3) is 0 Å². The summed E-state index contributed by atoms with van der Waals surface area (Å²) in [4.78, 5) is 14.6. The lowest BCUT2D eigenvalue weighted by Gasteiger charge is -2.35. The zero-order valence-corrected chi connectivity index (χ0v) is 12.7. The van der Waals surface area contributed by atoms with Gasteiger partial charge in [-0.15, -0.1) is 0 Å². The Morgan fingerprint density at radius 3 is 2.33 bits per heavy atom. The molecule has 3 nitrogen and oxygen atoms in total. The van der Waals surface area contributed by atoms with E-state index in [1.807, 2.05) is 0 Å². The summed E-state index contributed by atoms with van der Waals surface area (Å²) in [5.41, 5.74) is 0. The summed E-state index contributed by atoms with van der Waals surface area (Å²) in [5.74, 6) is 0.849. The predicted molar refractivity (Wildman–Crippen MR) is 76.5 cm³/mol. The Morgan fingerprint density at radius 2 is 1.89 bits per heavy atom. The van der Waals surface area contributed by atoms with Crippen molar-refractivity contribution in [3.05, 3.63) is 0 Å². The number of hydrogen-bond acceptors (Lipinski definition) is 2. The first-order chi connectivity index (χ1) is 8.43. The molecule has 0 aromatic carbocycles. The lowest BCUT2D eigenvalue weighted by atomic mass is 9.95. The van der Waals surface area contributed by atoms with Crippen LogP contribution >= 0.6 is 0 Å². The minimum atomic E-state index is 0.121. The number of carbonyl (C=O) groups is 1. The predicted octanol–water partition coefficient (Wildman–Crippen LogP) is 2.66. The second-order valence-corrected chi connectivity index (χ2v) is 6.26. The molecule has 3 heteroatoms. The second kappa shape index (κ2) is 7.13. The van der Waals surface area contributed by atoms with Gasteiger partial charge >= 0.3 is 0 Å². The molecule has 1 heterocycles. The van der Waals surface area contributed by atoms with Gasteiger partial charge in [-0.25, -0.2) is 0 Å². The molecule has 1 rings (SSSR count). The molecule has 1 fully saturated rings. The van der Waals surface area contributed by atoms with Gasteiger partial charge in [-0.2, -0.15) is 0 Å². The third-order valence-electron chi connectivity index (χ3n) is 4.13.